The average Bonchev–Trinajstić information content (AvgIpc) is 3.18. The van der Waals surface area contributed by atoms with E-state index in [0.717, 1.165) is 48.3 Å². The Kier molecular flexibility index (Phi) is 5.14. The number of aryl methyl sites for hydroxylation is 1. The second kappa shape index (κ2) is 7.58. The summed E-state index contributed by atoms with van der Waals surface area (Å²) in [4.78, 5) is 2.75. The highest BCUT2D eigenvalue weighted by atomic mass is 32.2. The summed E-state index contributed by atoms with van der Waals surface area (Å²) in [6.45, 7) is 6.23. The number of piperazine rings is 1. The highest BCUT2D eigenvalue weighted by molar-refractivity contribution is 7.91. The van der Waals surface area contributed by atoms with Crippen LogP contribution in [0.15, 0.2) is 56.9 Å². The molecule has 0 bridgehead atoms. The van der Waals surface area contributed by atoms with Gasteiger partial charge >= 0.3 is 0 Å². The van der Waals surface area contributed by atoms with Gasteiger partial charge in [-0.25, -0.2) is 8.42 Å². The lowest BCUT2D eigenvalue weighted by Gasteiger charge is -2.27. The first-order chi connectivity index (χ1) is 13.5. The van der Waals surface area contributed by atoms with Crippen molar-refractivity contribution in [2.75, 3.05) is 33.3 Å². The third-order valence-corrected chi connectivity index (χ3v) is 6.88. The van der Waals surface area contributed by atoms with Crippen molar-refractivity contribution in [1.82, 2.24) is 10.2 Å². The fourth-order valence-electron chi connectivity index (χ4n) is 3.63. The van der Waals surface area contributed by atoms with Gasteiger partial charge in [0, 0.05) is 43.7 Å². The predicted octanol–water partition coefficient (Wildman–Crippen LogP) is 2.99. The molecular weight excluding hydrogens is 376 g/mol. The molecule has 0 spiro atoms. The fourth-order valence-corrected chi connectivity index (χ4v) is 5.22. The Labute approximate surface area is 165 Å². The molecule has 1 aromatic heterocycles. The first-order valence-electron chi connectivity index (χ1n) is 9.32. The third-order valence-electron chi connectivity index (χ3n) is 5.12. The topological polar surface area (TPSA) is 71.8 Å². The van der Waals surface area contributed by atoms with E-state index in [-0.39, 0.29) is 9.79 Å². The molecule has 28 heavy (non-hydrogen) atoms. The molecule has 0 radical (unpaired) electrons. The van der Waals surface area contributed by atoms with E-state index in [1.165, 1.54) is 7.11 Å². The van der Waals surface area contributed by atoms with Gasteiger partial charge in [0.15, 0.2) is 0 Å². The minimum Gasteiger partial charge on any atom is -0.495 e. The molecule has 1 aliphatic heterocycles. The number of sulfone groups is 1. The summed E-state index contributed by atoms with van der Waals surface area (Å²) in [6.07, 6.45) is 1.61. The Morgan fingerprint density at radius 2 is 1.93 bits per heavy atom. The standard InChI is InChI=1S/C21H24N2O4S/c1-15-3-4-19(26-2)20(11-15)28(24,25)18-12-16-5-10-27-21(16)17(13-18)14-23-8-6-22-7-9-23/h3-5,10-13,22H,6-9,14H2,1-2H3. The van der Waals surface area contributed by atoms with Crippen LogP contribution in [0, 0.1) is 6.92 Å². The van der Waals surface area contributed by atoms with Gasteiger partial charge in [-0.3, -0.25) is 4.90 Å². The number of hydrogen-bond donors (Lipinski definition) is 1. The Morgan fingerprint density at radius 3 is 2.68 bits per heavy atom. The summed E-state index contributed by atoms with van der Waals surface area (Å²) < 4.78 is 37.9. The van der Waals surface area contributed by atoms with Crippen molar-refractivity contribution < 1.29 is 17.6 Å². The lowest BCUT2D eigenvalue weighted by atomic mass is 10.1. The Balaban J connectivity index is 1.81. The summed E-state index contributed by atoms with van der Waals surface area (Å²) in [5.41, 5.74) is 2.49. The van der Waals surface area contributed by atoms with E-state index in [2.05, 4.69) is 10.2 Å². The van der Waals surface area contributed by atoms with E-state index in [0.29, 0.717) is 12.3 Å². The number of nitrogens with zero attached hydrogens (tertiary/aromatic N) is 1. The zero-order valence-electron chi connectivity index (χ0n) is 16.1. The first-order valence-corrected chi connectivity index (χ1v) is 10.8. The number of hydrogen-bond acceptors (Lipinski definition) is 6. The maximum absolute atomic E-state index is 13.4. The number of methoxy groups -OCH3 is 1. The number of ether oxygens (including phenoxy) is 1. The fraction of sp³-hybridized carbons (Fsp3) is 0.333. The van der Waals surface area contributed by atoms with Crippen LogP contribution in [0.4, 0.5) is 0 Å². The van der Waals surface area contributed by atoms with Crippen molar-refractivity contribution in [1.29, 1.82) is 0 Å². The second-order valence-electron chi connectivity index (χ2n) is 7.11. The molecular formula is C21H24N2O4S. The van der Waals surface area contributed by atoms with Gasteiger partial charge in [-0.1, -0.05) is 6.07 Å². The first kappa shape index (κ1) is 19.0. The van der Waals surface area contributed by atoms with Crippen LogP contribution in [0.25, 0.3) is 11.0 Å². The Hall–Kier alpha value is -2.35. The molecule has 2 heterocycles. The molecule has 1 aliphatic rings. The van der Waals surface area contributed by atoms with Crippen LogP contribution in [0.5, 0.6) is 5.75 Å². The zero-order chi connectivity index (χ0) is 19.7. The summed E-state index contributed by atoms with van der Waals surface area (Å²) in [7, 11) is -2.25. The van der Waals surface area contributed by atoms with Gasteiger partial charge in [0.1, 0.15) is 16.2 Å². The van der Waals surface area contributed by atoms with Crippen LogP contribution in [0.3, 0.4) is 0 Å². The SMILES string of the molecule is COc1ccc(C)cc1S(=O)(=O)c1cc(CN2CCNCC2)c2occc2c1. The van der Waals surface area contributed by atoms with E-state index < -0.39 is 9.84 Å². The van der Waals surface area contributed by atoms with Gasteiger partial charge in [0.2, 0.25) is 9.84 Å². The Bertz CT molecular complexity index is 1100. The monoisotopic (exact) mass is 400 g/mol. The maximum atomic E-state index is 13.4. The van der Waals surface area contributed by atoms with E-state index in [4.69, 9.17) is 9.15 Å². The molecule has 4 rings (SSSR count). The molecule has 0 saturated carbocycles. The summed E-state index contributed by atoms with van der Waals surface area (Å²) in [5, 5.41) is 4.12. The van der Waals surface area contributed by atoms with Gasteiger partial charge < -0.3 is 14.5 Å². The van der Waals surface area contributed by atoms with Gasteiger partial charge in [-0.15, -0.1) is 0 Å². The van der Waals surface area contributed by atoms with Crippen molar-refractivity contribution >= 4 is 20.8 Å². The molecule has 0 atom stereocenters. The average molecular weight is 401 g/mol. The van der Waals surface area contributed by atoms with Crippen LogP contribution in [0.2, 0.25) is 0 Å². The van der Waals surface area contributed by atoms with Crippen LogP contribution >= 0.6 is 0 Å². The van der Waals surface area contributed by atoms with E-state index in [9.17, 15) is 8.42 Å². The van der Waals surface area contributed by atoms with Gasteiger partial charge in [-0.2, -0.15) is 0 Å². The van der Waals surface area contributed by atoms with Crippen molar-refractivity contribution in [2.24, 2.45) is 0 Å². The molecule has 0 amide bonds. The van der Waals surface area contributed by atoms with E-state index >= 15 is 0 Å². The number of fused-ring (bicyclic) bond motifs is 1. The predicted molar refractivity (Wildman–Crippen MR) is 108 cm³/mol. The van der Waals surface area contributed by atoms with Crippen LogP contribution < -0.4 is 10.1 Å². The highest BCUT2D eigenvalue weighted by Crippen LogP contribution is 2.33. The van der Waals surface area contributed by atoms with E-state index in [1.54, 1.807) is 30.5 Å². The summed E-state index contributed by atoms with van der Waals surface area (Å²) >= 11 is 0. The normalized spacial score (nSPS) is 15.8. The second-order valence-corrected chi connectivity index (χ2v) is 9.02. The lowest BCUT2D eigenvalue weighted by Crippen LogP contribution is -2.42. The van der Waals surface area contributed by atoms with Crippen LogP contribution in [0.1, 0.15) is 11.1 Å². The molecule has 1 fully saturated rings. The van der Waals surface area contributed by atoms with Crippen molar-refractivity contribution in [2.45, 2.75) is 23.3 Å². The van der Waals surface area contributed by atoms with Crippen molar-refractivity contribution in [3.8, 4) is 5.75 Å². The largest absolute Gasteiger partial charge is 0.495 e. The van der Waals surface area contributed by atoms with Gasteiger partial charge in [0.05, 0.1) is 18.3 Å². The van der Waals surface area contributed by atoms with Gasteiger partial charge in [0.25, 0.3) is 0 Å². The summed E-state index contributed by atoms with van der Waals surface area (Å²) in [6, 6.07) is 10.4. The smallest absolute Gasteiger partial charge is 0.210 e. The quantitative estimate of drug-likeness (QED) is 0.710. The molecule has 0 unspecified atom stereocenters. The number of rotatable bonds is 5. The van der Waals surface area contributed by atoms with Crippen molar-refractivity contribution in [3.63, 3.8) is 0 Å². The van der Waals surface area contributed by atoms with E-state index in [1.807, 2.05) is 19.1 Å². The van der Waals surface area contributed by atoms with Gasteiger partial charge in [-0.05, 0) is 42.8 Å². The molecule has 0 aliphatic carbocycles. The van der Waals surface area contributed by atoms with Crippen molar-refractivity contribution in [3.05, 3.63) is 53.8 Å². The lowest BCUT2D eigenvalue weighted by molar-refractivity contribution is 0.233. The van der Waals surface area contributed by atoms with Crippen LogP contribution in [-0.2, 0) is 16.4 Å². The minimum atomic E-state index is -3.73. The van der Waals surface area contributed by atoms with Crippen LogP contribution in [-0.4, -0.2) is 46.6 Å². The molecule has 6 nitrogen and oxygen atoms in total. The third kappa shape index (κ3) is 3.53. The highest BCUT2D eigenvalue weighted by Gasteiger charge is 2.25. The molecule has 148 valence electrons. The Morgan fingerprint density at radius 1 is 1.14 bits per heavy atom. The zero-order valence-corrected chi connectivity index (χ0v) is 16.9. The number of furan rings is 1. The number of benzene rings is 2. The number of nitrogens with one attached hydrogen (secondary N) is 1. The molecule has 1 saturated heterocycles. The molecule has 3 aromatic rings. The molecule has 7 heteroatoms. The summed E-state index contributed by atoms with van der Waals surface area (Å²) in [5.74, 6) is 0.349. The maximum Gasteiger partial charge on any atom is 0.210 e. The minimum absolute atomic E-state index is 0.186. The molecule has 1 N–H and O–H groups in total. The molecule has 2 aromatic carbocycles.